The van der Waals surface area contributed by atoms with Gasteiger partial charge in [0.2, 0.25) is 5.88 Å². The van der Waals surface area contributed by atoms with Gasteiger partial charge < -0.3 is 9.64 Å². The molecule has 3 rings (SSSR count). The number of hydrogen-bond acceptors (Lipinski definition) is 6. The first-order chi connectivity index (χ1) is 11.1. The summed E-state index contributed by atoms with van der Waals surface area (Å²) in [7, 11) is 1.53. The standard InChI is InChI=1S/C15H17N5O3/c1-19-14(21)5-4-12(18-19)15(22)20-9-6-11(7-10-20)23-13-3-2-8-16-17-13/h2-5,8,11H,6-7,9-10H2,1H3. The van der Waals surface area contributed by atoms with Crippen LogP contribution in [-0.4, -0.2) is 50.0 Å². The maximum absolute atomic E-state index is 12.4. The first-order valence-electron chi connectivity index (χ1n) is 7.41. The van der Waals surface area contributed by atoms with Crippen molar-refractivity contribution in [3.8, 4) is 5.88 Å². The second-order valence-corrected chi connectivity index (χ2v) is 5.35. The van der Waals surface area contributed by atoms with Crippen LogP contribution in [0.5, 0.6) is 5.88 Å². The maximum Gasteiger partial charge on any atom is 0.274 e. The van der Waals surface area contributed by atoms with Gasteiger partial charge in [0.15, 0.2) is 0 Å². The lowest BCUT2D eigenvalue weighted by Crippen LogP contribution is -2.42. The molecular weight excluding hydrogens is 298 g/mol. The van der Waals surface area contributed by atoms with Crippen molar-refractivity contribution in [1.29, 1.82) is 0 Å². The zero-order chi connectivity index (χ0) is 16.2. The van der Waals surface area contributed by atoms with E-state index in [1.807, 2.05) is 0 Å². The van der Waals surface area contributed by atoms with E-state index >= 15 is 0 Å². The lowest BCUT2D eigenvalue weighted by atomic mass is 10.1. The first-order valence-corrected chi connectivity index (χ1v) is 7.41. The Bertz CT molecular complexity index is 738. The number of hydrogen-bond donors (Lipinski definition) is 0. The minimum atomic E-state index is -0.238. The van der Waals surface area contributed by atoms with Crippen LogP contribution in [0.4, 0.5) is 0 Å². The molecular formula is C15H17N5O3. The molecule has 3 heterocycles. The summed E-state index contributed by atoms with van der Waals surface area (Å²) in [5.74, 6) is 0.329. The van der Waals surface area contributed by atoms with Crippen molar-refractivity contribution in [2.45, 2.75) is 18.9 Å². The van der Waals surface area contributed by atoms with Crippen LogP contribution in [0.1, 0.15) is 23.3 Å². The van der Waals surface area contributed by atoms with Gasteiger partial charge in [-0.2, -0.15) is 10.2 Å². The zero-order valence-electron chi connectivity index (χ0n) is 12.8. The molecule has 1 aliphatic rings. The fourth-order valence-corrected chi connectivity index (χ4v) is 2.48. The summed E-state index contributed by atoms with van der Waals surface area (Å²) in [5.41, 5.74) is 0.0398. The van der Waals surface area contributed by atoms with E-state index in [1.165, 1.54) is 19.2 Å². The molecule has 0 bridgehead atoms. The van der Waals surface area contributed by atoms with Crippen LogP contribution in [0, 0.1) is 0 Å². The Kier molecular flexibility index (Phi) is 4.31. The normalized spacial score (nSPS) is 15.4. The number of nitrogens with zero attached hydrogens (tertiary/aromatic N) is 5. The van der Waals surface area contributed by atoms with Crippen molar-refractivity contribution in [2.75, 3.05) is 13.1 Å². The van der Waals surface area contributed by atoms with Gasteiger partial charge in [0.05, 0.1) is 0 Å². The predicted octanol–water partition coefficient (Wildman–Crippen LogP) is 0.254. The molecule has 1 saturated heterocycles. The third-order valence-corrected chi connectivity index (χ3v) is 3.74. The van der Waals surface area contributed by atoms with E-state index in [1.54, 1.807) is 23.2 Å². The molecule has 0 unspecified atom stereocenters. The van der Waals surface area contributed by atoms with Gasteiger partial charge in [-0.25, -0.2) is 4.68 Å². The van der Waals surface area contributed by atoms with E-state index in [4.69, 9.17) is 4.74 Å². The Hall–Kier alpha value is -2.77. The molecule has 0 saturated carbocycles. The molecule has 1 amide bonds. The van der Waals surface area contributed by atoms with E-state index in [0.717, 1.165) is 4.68 Å². The Morgan fingerprint density at radius 1 is 1.26 bits per heavy atom. The Labute approximate surface area is 132 Å². The molecule has 0 aliphatic carbocycles. The van der Waals surface area contributed by atoms with Crippen molar-refractivity contribution in [2.24, 2.45) is 7.05 Å². The smallest absolute Gasteiger partial charge is 0.274 e. The molecule has 8 nitrogen and oxygen atoms in total. The summed E-state index contributed by atoms with van der Waals surface area (Å²) in [6.07, 6.45) is 3.04. The highest BCUT2D eigenvalue weighted by molar-refractivity contribution is 5.92. The van der Waals surface area contributed by atoms with Crippen LogP contribution in [0.2, 0.25) is 0 Å². The highest BCUT2D eigenvalue weighted by atomic mass is 16.5. The van der Waals surface area contributed by atoms with Crippen molar-refractivity contribution in [3.05, 3.63) is 46.5 Å². The summed E-state index contributed by atoms with van der Waals surface area (Å²) in [5, 5.41) is 11.7. The largest absolute Gasteiger partial charge is 0.473 e. The van der Waals surface area contributed by atoms with E-state index in [9.17, 15) is 9.59 Å². The first kappa shape index (κ1) is 15.1. The van der Waals surface area contributed by atoms with Gasteiger partial charge >= 0.3 is 0 Å². The molecule has 2 aromatic rings. The minimum Gasteiger partial charge on any atom is -0.473 e. The monoisotopic (exact) mass is 315 g/mol. The second kappa shape index (κ2) is 6.55. The highest BCUT2D eigenvalue weighted by Gasteiger charge is 2.25. The summed E-state index contributed by atoms with van der Waals surface area (Å²) >= 11 is 0. The molecule has 23 heavy (non-hydrogen) atoms. The quantitative estimate of drug-likeness (QED) is 0.806. The number of piperidine rings is 1. The summed E-state index contributed by atoms with van der Waals surface area (Å²) < 4.78 is 6.92. The van der Waals surface area contributed by atoms with Gasteiger partial charge in [-0.05, 0) is 12.1 Å². The summed E-state index contributed by atoms with van der Waals surface area (Å²) in [4.78, 5) is 25.5. The molecule has 120 valence electrons. The average molecular weight is 315 g/mol. The molecule has 8 heteroatoms. The van der Waals surface area contributed by atoms with Crippen LogP contribution in [0.3, 0.4) is 0 Å². The highest BCUT2D eigenvalue weighted by Crippen LogP contribution is 2.17. The fourth-order valence-electron chi connectivity index (χ4n) is 2.48. The molecule has 0 radical (unpaired) electrons. The summed E-state index contributed by atoms with van der Waals surface area (Å²) in [6, 6.07) is 6.35. The van der Waals surface area contributed by atoms with Crippen LogP contribution in [0.15, 0.2) is 35.3 Å². The third kappa shape index (κ3) is 3.53. The number of ether oxygens (including phenoxy) is 1. The molecule has 0 aromatic carbocycles. The molecule has 0 N–H and O–H groups in total. The predicted molar refractivity (Wildman–Crippen MR) is 81.1 cm³/mol. The van der Waals surface area contributed by atoms with Crippen LogP contribution in [-0.2, 0) is 7.05 Å². The number of carbonyl (C=O) groups excluding carboxylic acids is 1. The van der Waals surface area contributed by atoms with Crippen molar-refractivity contribution in [1.82, 2.24) is 24.9 Å². The number of carbonyl (C=O) groups is 1. The number of likely N-dealkylation sites (tertiary alicyclic amines) is 1. The number of amides is 1. The molecule has 0 spiro atoms. The third-order valence-electron chi connectivity index (χ3n) is 3.74. The fraction of sp³-hybridized carbons (Fsp3) is 0.400. The van der Waals surface area contributed by atoms with Crippen LogP contribution < -0.4 is 10.3 Å². The van der Waals surface area contributed by atoms with Crippen LogP contribution in [0.25, 0.3) is 0 Å². The van der Waals surface area contributed by atoms with Gasteiger partial charge in [0.1, 0.15) is 11.8 Å². The maximum atomic E-state index is 12.4. The lowest BCUT2D eigenvalue weighted by molar-refractivity contribution is 0.0578. The average Bonchev–Trinajstić information content (AvgIpc) is 2.58. The molecule has 1 aliphatic heterocycles. The molecule has 1 fully saturated rings. The van der Waals surface area contributed by atoms with Crippen molar-refractivity contribution in [3.63, 3.8) is 0 Å². The van der Waals surface area contributed by atoms with E-state index < -0.39 is 0 Å². The van der Waals surface area contributed by atoms with Gasteiger partial charge in [-0.3, -0.25) is 9.59 Å². The lowest BCUT2D eigenvalue weighted by Gasteiger charge is -2.31. The Morgan fingerprint density at radius 3 is 2.70 bits per heavy atom. The van der Waals surface area contributed by atoms with Crippen LogP contribution >= 0.6 is 0 Å². The van der Waals surface area contributed by atoms with E-state index in [-0.39, 0.29) is 23.3 Å². The van der Waals surface area contributed by atoms with Gasteiger partial charge in [-0.1, -0.05) is 0 Å². The second-order valence-electron chi connectivity index (χ2n) is 5.35. The number of rotatable bonds is 3. The van der Waals surface area contributed by atoms with Crippen molar-refractivity contribution >= 4 is 5.91 Å². The Balaban J connectivity index is 1.59. The topological polar surface area (TPSA) is 90.2 Å². The van der Waals surface area contributed by atoms with Gasteiger partial charge in [-0.15, -0.1) is 5.10 Å². The van der Waals surface area contributed by atoms with E-state index in [0.29, 0.717) is 31.8 Å². The summed E-state index contributed by atoms with van der Waals surface area (Å²) in [6.45, 7) is 1.16. The Morgan fingerprint density at radius 2 is 2.04 bits per heavy atom. The minimum absolute atomic E-state index is 0.0174. The number of aromatic nitrogens is 4. The van der Waals surface area contributed by atoms with Gasteiger partial charge in [0, 0.05) is 51.3 Å². The van der Waals surface area contributed by atoms with E-state index in [2.05, 4.69) is 15.3 Å². The van der Waals surface area contributed by atoms with Crippen molar-refractivity contribution < 1.29 is 9.53 Å². The SMILES string of the molecule is Cn1nc(C(=O)N2CCC(Oc3cccnn3)CC2)ccc1=O. The molecule has 0 atom stereocenters. The molecule has 2 aromatic heterocycles. The zero-order valence-corrected chi connectivity index (χ0v) is 12.8. The number of aryl methyl sites for hydroxylation is 1. The van der Waals surface area contributed by atoms with Gasteiger partial charge in [0.25, 0.3) is 11.5 Å².